The van der Waals surface area contributed by atoms with Crippen LogP contribution in [0.2, 0.25) is 5.02 Å². The van der Waals surface area contributed by atoms with Gasteiger partial charge in [-0.1, -0.05) is 41.9 Å². The Morgan fingerprint density at radius 2 is 1.66 bits per heavy atom. The molecule has 3 aromatic rings. The maximum absolute atomic E-state index is 12.4. The van der Waals surface area contributed by atoms with Crippen LogP contribution in [0, 0.1) is 0 Å². The first-order valence-corrected chi connectivity index (χ1v) is 11.4. The summed E-state index contributed by atoms with van der Waals surface area (Å²) in [7, 11) is 0. The Balaban J connectivity index is 1.47. The number of nitrogens with one attached hydrogen (secondary N) is 1. The lowest BCUT2D eigenvalue weighted by molar-refractivity contribution is -0.115. The normalized spacial score (nSPS) is 15.3. The Hall–Kier alpha value is -4.08. The summed E-state index contributed by atoms with van der Waals surface area (Å²) < 4.78 is 5.76. The molecule has 0 atom stereocenters. The fraction of sp³-hybridized carbons (Fsp3) is 0.0400. The molecule has 4 rings (SSSR count). The van der Waals surface area contributed by atoms with Gasteiger partial charge in [0.05, 0.1) is 21.7 Å². The van der Waals surface area contributed by atoms with Gasteiger partial charge in [0.15, 0.2) is 5.17 Å². The van der Waals surface area contributed by atoms with Crippen LogP contribution >= 0.6 is 23.4 Å². The standard InChI is InChI=1S/C25H17ClN2O6S/c26-20-4-2-1-3-15(20)13-34-19-7-5-14(6-8-19)9-21-22(29)28-25(35-21)27-18-11-16(23(30)31)10-17(12-18)24(32)33/h1-12H,13H2,(H,30,31)(H,32,33)(H,27,28,29)/b21-9-. The van der Waals surface area contributed by atoms with Crippen LogP contribution in [0.5, 0.6) is 5.75 Å². The average Bonchev–Trinajstić information content (AvgIpc) is 3.17. The first-order valence-electron chi connectivity index (χ1n) is 10.2. The molecule has 0 aliphatic carbocycles. The highest BCUT2D eigenvalue weighted by Gasteiger charge is 2.24. The number of hydrogen-bond acceptors (Lipinski definition) is 6. The van der Waals surface area contributed by atoms with Crippen LogP contribution < -0.4 is 10.1 Å². The highest BCUT2D eigenvalue weighted by molar-refractivity contribution is 8.18. The summed E-state index contributed by atoms with van der Waals surface area (Å²) in [5.41, 5.74) is 1.30. The number of benzene rings is 3. The van der Waals surface area contributed by atoms with Gasteiger partial charge in [0, 0.05) is 10.6 Å². The molecule has 10 heteroatoms. The molecule has 0 saturated carbocycles. The highest BCUT2D eigenvalue weighted by atomic mass is 35.5. The summed E-state index contributed by atoms with van der Waals surface area (Å²) in [5.74, 6) is -2.29. The number of aliphatic imine (C=N–C) groups is 1. The number of ether oxygens (including phenoxy) is 1. The van der Waals surface area contributed by atoms with Crippen molar-refractivity contribution in [1.82, 2.24) is 5.32 Å². The molecular weight excluding hydrogens is 492 g/mol. The lowest BCUT2D eigenvalue weighted by Crippen LogP contribution is -2.19. The Bertz CT molecular complexity index is 1350. The molecular formula is C25H17ClN2O6S. The van der Waals surface area contributed by atoms with E-state index in [0.717, 1.165) is 29.0 Å². The van der Waals surface area contributed by atoms with Gasteiger partial charge in [-0.2, -0.15) is 0 Å². The zero-order valence-electron chi connectivity index (χ0n) is 17.9. The van der Waals surface area contributed by atoms with Crippen LogP contribution in [-0.4, -0.2) is 33.2 Å². The Morgan fingerprint density at radius 1 is 1.00 bits per heavy atom. The molecule has 0 bridgehead atoms. The number of carboxylic acid groups (broad SMARTS) is 2. The van der Waals surface area contributed by atoms with E-state index in [0.29, 0.717) is 22.3 Å². The van der Waals surface area contributed by atoms with Crippen molar-refractivity contribution in [2.24, 2.45) is 4.99 Å². The molecule has 0 spiro atoms. The number of rotatable bonds is 7. The van der Waals surface area contributed by atoms with Crippen LogP contribution in [0.4, 0.5) is 5.69 Å². The number of halogens is 1. The van der Waals surface area contributed by atoms with Gasteiger partial charge >= 0.3 is 11.9 Å². The van der Waals surface area contributed by atoms with E-state index >= 15 is 0 Å². The first kappa shape index (κ1) is 24.1. The lowest BCUT2D eigenvalue weighted by Gasteiger charge is -2.08. The van der Waals surface area contributed by atoms with Crippen molar-refractivity contribution in [1.29, 1.82) is 0 Å². The van der Waals surface area contributed by atoms with E-state index in [-0.39, 0.29) is 27.9 Å². The molecule has 1 aliphatic heterocycles. The number of amides is 1. The lowest BCUT2D eigenvalue weighted by atomic mass is 10.1. The molecule has 0 radical (unpaired) electrons. The minimum absolute atomic E-state index is 0.103. The first-order chi connectivity index (χ1) is 16.8. The summed E-state index contributed by atoms with van der Waals surface area (Å²) >= 11 is 7.20. The topological polar surface area (TPSA) is 125 Å². The van der Waals surface area contributed by atoms with Gasteiger partial charge in [-0.05, 0) is 59.8 Å². The SMILES string of the molecule is O=C1NC(=Nc2cc(C(=O)O)cc(C(=O)O)c2)S/C1=C\c1ccc(OCc2ccccc2Cl)cc1. The van der Waals surface area contributed by atoms with Gasteiger partial charge in [0.25, 0.3) is 5.91 Å². The summed E-state index contributed by atoms with van der Waals surface area (Å²) in [5, 5.41) is 21.9. The molecule has 0 aromatic heterocycles. The van der Waals surface area contributed by atoms with E-state index in [1.165, 1.54) is 12.1 Å². The number of carbonyl (C=O) groups is 3. The van der Waals surface area contributed by atoms with Crippen LogP contribution in [0.1, 0.15) is 31.8 Å². The molecule has 1 fully saturated rings. The molecule has 1 amide bonds. The molecule has 8 nitrogen and oxygen atoms in total. The Morgan fingerprint density at radius 3 is 2.29 bits per heavy atom. The van der Waals surface area contributed by atoms with Gasteiger partial charge in [-0.15, -0.1) is 0 Å². The molecule has 35 heavy (non-hydrogen) atoms. The number of carboxylic acids is 2. The second-order valence-electron chi connectivity index (χ2n) is 7.31. The van der Waals surface area contributed by atoms with E-state index in [1.807, 2.05) is 18.2 Å². The van der Waals surface area contributed by atoms with Gasteiger partial charge in [-0.3, -0.25) is 4.79 Å². The molecule has 1 aliphatic rings. The van der Waals surface area contributed by atoms with Crippen molar-refractivity contribution in [3.05, 3.63) is 98.9 Å². The maximum atomic E-state index is 12.4. The Kier molecular flexibility index (Phi) is 7.19. The quantitative estimate of drug-likeness (QED) is 0.374. The maximum Gasteiger partial charge on any atom is 0.335 e. The number of nitrogens with zero attached hydrogens (tertiary/aromatic N) is 1. The molecule has 3 aromatic carbocycles. The zero-order chi connectivity index (χ0) is 24.9. The van der Waals surface area contributed by atoms with Crippen LogP contribution in [0.3, 0.4) is 0 Å². The van der Waals surface area contributed by atoms with Gasteiger partial charge < -0.3 is 20.3 Å². The van der Waals surface area contributed by atoms with Crippen molar-refractivity contribution in [2.45, 2.75) is 6.61 Å². The molecule has 0 unspecified atom stereocenters. The minimum Gasteiger partial charge on any atom is -0.489 e. The number of amidine groups is 1. The van der Waals surface area contributed by atoms with E-state index in [4.69, 9.17) is 16.3 Å². The molecule has 3 N–H and O–H groups in total. The number of carbonyl (C=O) groups excluding carboxylic acids is 1. The van der Waals surface area contributed by atoms with Crippen molar-refractivity contribution >= 4 is 58.1 Å². The summed E-state index contributed by atoms with van der Waals surface area (Å²) in [6.45, 7) is 0.324. The van der Waals surface area contributed by atoms with E-state index < -0.39 is 11.9 Å². The minimum atomic E-state index is -1.28. The third kappa shape index (κ3) is 6.08. The fourth-order valence-electron chi connectivity index (χ4n) is 3.11. The van der Waals surface area contributed by atoms with Gasteiger partial charge in [0.2, 0.25) is 0 Å². The van der Waals surface area contributed by atoms with E-state index in [9.17, 15) is 24.6 Å². The fourth-order valence-corrected chi connectivity index (χ4v) is 4.14. The summed E-state index contributed by atoms with van der Waals surface area (Å²) in [6.07, 6.45) is 1.68. The monoisotopic (exact) mass is 508 g/mol. The van der Waals surface area contributed by atoms with Crippen molar-refractivity contribution in [3.63, 3.8) is 0 Å². The molecule has 1 saturated heterocycles. The predicted molar refractivity (Wildman–Crippen MR) is 133 cm³/mol. The second-order valence-corrected chi connectivity index (χ2v) is 8.75. The number of hydrogen-bond donors (Lipinski definition) is 3. The highest BCUT2D eigenvalue weighted by Crippen LogP contribution is 2.29. The van der Waals surface area contributed by atoms with Crippen molar-refractivity contribution < 1.29 is 29.3 Å². The second kappa shape index (κ2) is 10.5. The average molecular weight is 509 g/mol. The van der Waals surface area contributed by atoms with E-state index in [2.05, 4.69) is 10.3 Å². The van der Waals surface area contributed by atoms with Crippen LogP contribution in [0.25, 0.3) is 6.08 Å². The van der Waals surface area contributed by atoms with E-state index in [1.54, 1.807) is 36.4 Å². The zero-order valence-corrected chi connectivity index (χ0v) is 19.5. The summed E-state index contributed by atoms with van der Waals surface area (Å²) in [4.78, 5) is 39.5. The predicted octanol–water partition coefficient (Wildman–Crippen LogP) is 5.21. The Labute approximate surface area is 208 Å². The third-order valence-corrected chi connectivity index (χ3v) is 6.10. The molecule has 176 valence electrons. The number of thioether (sulfide) groups is 1. The van der Waals surface area contributed by atoms with Crippen LogP contribution in [0.15, 0.2) is 76.6 Å². The van der Waals surface area contributed by atoms with Gasteiger partial charge in [0.1, 0.15) is 12.4 Å². The van der Waals surface area contributed by atoms with Crippen molar-refractivity contribution in [2.75, 3.05) is 0 Å². The smallest absolute Gasteiger partial charge is 0.335 e. The van der Waals surface area contributed by atoms with Crippen molar-refractivity contribution in [3.8, 4) is 5.75 Å². The van der Waals surface area contributed by atoms with Gasteiger partial charge in [-0.25, -0.2) is 14.6 Å². The number of aromatic carboxylic acids is 2. The molecule has 1 heterocycles. The van der Waals surface area contributed by atoms with Crippen LogP contribution in [-0.2, 0) is 11.4 Å². The summed E-state index contributed by atoms with van der Waals surface area (Å²) in [6, 6.07) is 18.1. The largest absolute Gasteiger partial charge is 0.489 e. The third-order valence-electron chi connectivity index (χ3n) is 4.82.